The van der Waals surface area contributed by atoms with Crippen molar-refractivity contribution in [1.82, 2.24) is 10.0 Å². The summed E-state index contributed by atoms with van der Waals surface area (Å²) in [5.41, 5.74) is 0.830. The fraction of sp³-hybridized carbons (Fsp3) is 0.118. The van der Waals surface area contributed by atoms with Crippen molar-refractivity contribution >= 4 is 60.8 Å². The van der Waals surface area contributed by atoms with E-state index in [1.807, 2.05) is 4.72 Å². The van der Waals surface area contributed by atoms with Gasteiger partial charge in [-0.15, -0.1) is 0 Å². The first kappa shape index (κ1) is 21.8. The molecule has 0 aliphatic rings. The first-order valence-electron chi connectivity index (χ1n) is 7.71. The van der Waals surface area contributed by atoms with Crippen LogP contribution in [0.15, 0.2) is 51.8 Å². The predicted molar refractivity (Wildman–Crippen MR) is 112 cm³/mol. The van der Waals surface area contributed by atoms with Gasteiger partial charge < -0.3 is 10.1 Å². The molecule has 0 radical (unpaired) electrons. The van der Waals surface area contributed by atoms with Crippen LogP contribution >= 0.6 is 28.1 Å². The van der Waals surface area contributed by atoms with E-state index in [9.17, 15) is 18.0 Å². The minimum absolute atomic E-state index is 0.0365. The van der Waals surface area contributed by atoms with Crippen LogP contribution in [0.25, 0.3) is 0 Å². The number of ether oxygens (including phenoxy) is 1. The molecule has 2 aromatic rings. The van der Waals surface area contributed by atoms with Crippen molar-refractivity contribution in [3.8, 4) is 5.75 Å². The summed E-state index contributed by atoms with van der Waals surface area (Å²) >= 11 is 8.41. The molecule has 148 valence electrons. The summed E-state index contributed by atoms with van der Waals surface area (Å²) < 4.78 is 31.4. The Morgan fingerprint density at radius 3 is 2.29 bits per heavy atom. The number of carbonyl (C=O) groups excluding carboxylic acids is 2. The van der Waals surface area contributed by atoms with Gasteiger partial charge in [0, 0.05) is 18.2 Å². The molecule has 8 nitrogen and oxygen atoms in total. The molecule has 0 atom stereocenters. The Hall–Kier alpha value is -2.50. The van der Waals surface area contributed by atoms with Gasteiger partial charge in [-0.25, -0.2) is 13.1 Å². The van der Waals surface area contributed by atoms with E-state index in [4.69, 9.17) is 17.0 Å². The number of nitrogens with one attached hydrogen (secondary N) is 3. The summed E-state index contributed by atoms with van der Waals surface area (Å²) in [5.74, 6) is -0.520. The van der Waals surface area contributed by atoms with Crippen LogP contribution < -0.4 is 20.1 Å². The third kappa shape index (κ3) is 5.75. The molecule has 0 unspecified atom stereocenters. The van der Waals surface area contributed by atoms with Crippen LogP contribution in [-0.2, 0) is 14.8 Å². The SMILES string of the molecule is COc1ccc(C(=O)NC(=S)Nc2ccc(S(=O)(=O)NC(C)=O)cc2)cc1Br. The Morgan fingerprint density at radius 1 is 1.11 bits per heavy atom. The molecule has 2 rings (SSSR count). The van der Waals surface area contributed by atoms with Crippen LogP contribution in [0.4, 0.5) is 5.69 Å². The molecule has 0 heterocycles. The Kier molecular flexibility index (Phi) is 7.11. The normalized spacial score (nSPS) is 10.7. The number of sulfonamides is 1. The van der Waals surface area contributed by atoms with Gasteiger partial charge in [-0.05, 0) is 70.6 Å². The first-order valence-corrected chi connectivity index (χ1v) is 10.4. The highest BCUT2D eigenvalue weighted by Gasteiger charge is 2.15. The van der Waals surface area contributed by atoms with Crippen LogP contribution in [-0.4, -0.2) is 32.5 Å². The number of rotatable bonds is 5. The van der Waals surface area contributed by atoms with E-state index in [0.717, 1.165) is 6.92 Å². The minimum Gasteiger partial charge on any atom is -0.496 e. The molecule has 0 saturated heterocycles. The molecule has 3 N–H and O–H groups in total. The second-order valence-corrected chi connectivity index (χ2v) is 8.39. The van der Waals surface area contributed by atoms with Gasteiger partial charge in [0.25, 0.3) is 15.9 Å². The average Bonchev–Trinajstić information content (AvgIpc) is 2.60. The van der Waals surface area contributed by atoms with Gasteiger partial charge in [0.2, 0.25) is 5.91 Å². The zero-order chi connectivity index (χ0) is 20.9. The molecule has 0 aliphatic carbocycles. The molecule has 0 bridgehead atoms. The molecule has 0 fully saturated rings. The van der Waals surface area contributed by atoms with Gasteiger partial charge in [0.1, 0.15) is 5.75 Å². The molecule has 0 aromatic heterocycles. The van der Waals surface area contributed by atoms with Crippen LogP contribution in [0.5, 0.6) is 5.75 Å². The zero-order valence-corrected chi connectivity index (χ0v) is 18.0. The second kappa shape index (κ2) is 9.13. The third-order valence-corrected chi connectivity index (χ3v) is 5.61. The summed E-state index contributed by atoms with van der Waals surface area (Å²) in [6.45, 7) is 1.11. The van der Waals surface area contributed by atoms with E-state index in [-0.39, 0.29) is 10.0 Å². The Labute approximate surface area is 175 Å². The summed E-state index contributed by atoms with van der Waals surface area (Å²) in [6.07, 6.45) is 0. The molecule has 2 aromatic carbocycles. The van der Waals surface area contributed by atoms with Gasteiger partial charge in [0.15, 0.2) is 5.11 Å². The Bertz CT molecular complexity index is 1020. The fourth-order valence-electron chi connectivity index (χ4n) is 2.11. The smallest absolute Gasteiger partial charge is 0.264 e. The summed E-state index contributed by atoms with van der Waals surface area (Å²) in [6, 6.07) is 10.3. The lowest BCUT2D eigenvalue weighted by Crippen LogP contribution is -2.34. The van der Waals surface area contributed by atoms with Crippen molar-refractivity contribution in [3.05, 3.63) is 52.5 Å². The molecule has 0 saturated carbocycles. The number of benzene rings is 2. The predicted octanol–water partition coefficient (Wildman–Crippen LogP) is 2.41. The van der Waals surface area contributed by atoms with Crippen molar-refractivity contribution in [2.45, 2.75) is 11.8 Å². The lowest BCUT2D eigenvalue weighted by Gasteiger charge is -2.11. The van der Waals surface area contributed by atoms with Crippen molar-refractivity contribution in [1.29, 1.82) is 0 Å². The van der Waals surface area contributed by atoms with Crippen LogP contribution in [0.1, 0.15) is 17.3 Å². The van der Waals surface area contributed by atoms with E-state index >= 15 is 0 Å². The van der Waals surface area contributed by atoms with Crippen LogP contribution in [0.2, 0.25) is 0 Å². The van der Waals surface area contributed by atoms with E-state index < -0.39 is 21.8 Å². The number of hydrogen-bond acceptors (Lipinski definition) is 6. The summed E-state index contributed by atoms with van der Waals surface area (Å²) in [4.78, 5) is 23.1. The Balaban J connectivity index is 2.02. The van der Waals surface area contributed by atoms with Crippen molar-refractivity contribution in [2.24, 2.45) is 0 Å². The number of thiocarbonyl (C=S) groups is 1. The van der Waals surface area contributed by atoms with Crippen LogP contribution in [0.3, 0.4) is 0 Å². The number of carbonyl (C=O) groups is 2. The molecule has 0 spiro atoms. The first-order chi connectivity index (χ1) is 13.1. The van der Waals surface area contributed by atoms with Gasteiger partial charge in [-0.2, -0.15) is 0 Å². The minimum atomic E-state index is -3.91. The Morgan fingerprint density at radius 2 is 1.75 bits per heavy atom. The maximum atomic E-state index is 12.3. The highest BCUT2D eigenvalue weighted by Crippen LogP contribution is 2.25. The number of amides is 2. The largest absolute Gasteiger partial charge is 0.496 e. The maximum Gasteiger partial charge on any atom is 0.264 e. The number of hydrogen-bond donors (Lipinski definition) is 3. The summed E-state index contributed by atoms with van der Waals surface area (Å²) in [7, 11) is -2.39. The lowest BCUT2D eigenvalue weighted by molar-refractivity contribution is -0.117. The number of methoxy groups -OCH3 is 1. The number of anilines is 1. The zero-order valence-electron chi connectivity index (χ0n) is 14.8. The summed E-state index contributed by atoms with van der Waals surface area (Å²) in [5, 5.41) is 5.34. The van der Waals surface area contributed by atoms with Crippen LogP contribution in [0, 0.1) is 0 Å². The van der Waals surface area contributed by atoms with Crippen molar-refractivity contribution < 1.29 is 22.7 Å². The quantitative estimate of drug-likeness (QED) is 0.557. The van der Waals surface area contributed by atoms with Gasteiger partial charge in [-0.1, -0.05) is 0 Å². The topological polar surface area (TPSA) is 114 Å². The molecule has 0 aliphatic heterocycles. The van der Waals surface area contributed by atoms with Crippen molar-refractivity contribution in [3.63, 3.8) is 0 Å². The fourth-order valence-corrected chi connectivity index (χ4v) is 3.85. The highest BCUT2D eigenvalue weighted by molar-refractivity contribution is 9.10. The maximum absolute atomic E-state index is 12.3. The third-order valence-electron chi connectivity index (χ3n) is 3.34. The molecule has 28 heavy (non-hydrogen) atoms. The highest BCUT2D eigenvalue weighted by atomic mass is 79.9. The van der Waals surface area contributed by atoms with Gasteiger partial charge >= 0.3 is 0 Å². The standard InChI is InChI=1S/C17H16BrN3O5S2/c1-10(22)21-28(24,25)13-6-4-12(5-7-13)19-17(27)20-16(23)11-3-8-15(26-2)14(18)9-11/h3-9H,1-2H3,(H,21,22)(H2,19,20,23,27). The molecule has 11 heteroatoms. The monoisotopic (exact) mass is 485 g/mol. The lowest BCUT2D eigenvalue weighted by atomic mass is 10.2. The molecular weight excluding hydrogens is 470 g/mol. The van der Waals surface area contributed by atoms with Crippen molar-refractivity contribution in [2.75, 3.05) is 12.4 Å². The van der Waals surface area contributed by atoms with E-state index in [0.29, 0.717) is 21.5 Å². The molecular formula is C17H16BrN3O5S2. The van der Waals surface area contributed by atoms with E-state index in [2.05, 4.69) is 26.6 Å². The molecule has 2 amide bonds. The number of halogens is 1. The van der Waals surface area contributed by atoms with E-state index in [1.165, 1.54) is 31.4 Å². The van der Waals surface area contributed by atoms with E-state index in [1.54, 1.807) is 18.2 Å². The van der Waals surface area contributed by atoms with Gasteiger partial charge in [-0.3, -0.25) is 14.9 Å². The average molecular weight is 486 g/mol. The van der Waals surface area contributed by atoms with Gasteiger partial charge in [0.05, 0.1) is 16.5 Å². The second-order valence-electron chi connectivity index (χ2n) is 5.44.